The molecule has 0 radical (unpaired) electrons. The van der Waals surface area contributed by atoms with Crippen LogP contribution in [0.15, 0.2) is 16.8 Å². The van der Waals surface area contributed by atoms with E-state index in [9.17, 15) is 0 Å². The van der Waals surface area contributed by atoms with Gasteiger partial charge in [-0.2, -0.15) is 5.10 Å². The standard InChI is InChI=1S/C13H21N3S/c1-4-14-12(17)16-15-8-9-5-6-10-7-11(9)13(10,2)3/h5,8,10-11H,4,6-7H2,1-3H3,(H2,14,16,17)/b15-8+. The summed E-state index contributed by atoms with van der Waals surface area (Å²) < 4.78 is 0. The van der Waals surface area contributed by atoms with Crippen molar-refractivity contribution in [2.24, 2.45) is 22.4 Å². The first-order chi connectivity index (χ1) is 8.05. The average Bonchev–Trinajstić information content (AvgIpc) is 2.29. The number of nitrogens with zero attached hydrogens (tertiary/aromatic N) is 1. The number of nitrogens with one attached hydrogen (secondary N) is 2. The van der Waals surface area contributed by atoms with Crippen LogP contribution in [0.3, 0.4) is 0 Å². The molecule has 2 N–H and O–H groups in total. The minimum absolute atomic E-state index is 0.457. The molecule has 0 heterocycles. The quantitative estimate of drug-likeness (QED) is 0.459. The van der Waals surface area contributed by atoms with E-state index in [2.05, 4.69) is 35.8 Å². The first kappa shape index (κ1) is 12.6. The van der Waals surface area contributed by atoms with Crippen molar-refractivity contribution >= 4 is 23.5 Å². The van der Waals surface area contributed by atoms with Gasteiger partial charge in [0.25, 0.3) is 0 Å². The molecule has 0 aliphatic heterocycles. The summed E-state index contributed by atoms with van der Waals surface area (Å²) in [6.45, 7) is 7.56. The van der Waals surface area contributed by atoms with Crippen LogP contribution in [-0.2, 0) is 0 Å². The molecule has 3 aliphatic rings. The third-order valence-electron chi connectivity index (χ3n) is 4.23. The molecule has 17 heavy (non-hydrogen) atoms. The second-order valence-corrected chi connectivity index (χ2v) is 5.88. The first-order valence-corrected chi connectivity index (χ1v) is 6.73. The van der Waals surface area contributed by atoms with Crippen LogP contribution in [0.1, 0.15) is 33.6 Å². The van der Waals surface area contributed by atoms with E-state index in [0.29, 0.717) is 16.4 Å². The van der Waals surface area contributed by atoms with Crippen molar-refractivity contribution in [3.8, 4) is 0 Å². The Balaban J connectivity index is 1.90. The van der Waals surface area contributed by atoms with Crippen molar-refractivity contribution in [1.82, 2.24) is 10.7 Å². The van der Waals surface area contributed by atoms with E-state index < -0.39 is 0 Å². The molecule has 3 nitrogen and oxygen atoms in total. The van der Waals surface area contributed by atoms with Crippen LogP contribution in [0.25, 0.3) is 0 Å². The van der Waals surface area contributed by atoms with E-state index in [4.69, 9.17) is 12.2 Å². The van der Waals surface area contributed by atoms with Gasteiger partial charge >= 0.3 is 0 Å². The largest absolute Gasteiger partial charge is 0.362 e. The van der Waals surface area contributed by atoms with Crippen LogP contribution in [0, 0.1) is 17.3 Å². The molecule has 1 fully saturated rings. The molecule has 3 aliphatic carbocycles. The Hall–Kier alpha value is -0.900. The van der Waals surface area contributed by atoms with Gasteiger partial charge in [0.1, 0.15) is 0 Å². The number of hydrogen-bond donors (Lipinski definition) is 2. The molecule has 2 bridgehead atoms. The molecular weight excluding hydrogens is 230 g/mol. The van der Waals surface area contributed by atoms with Crippen molar-refractivity contribution in [2.75, 3.05) is 6.54 Å². The zero-order valence-electron chi connectivity index (χ0n) is 10.8. The maximum atomic E-state index is 5.05. The molecule has 0 amide bonds. The summed E-state index contributed by atoms with van der Waals surface area (Å²) >= 11 is 5.05. The van der Waals surface area contributed by atoms with E-state index >= 15 is 0 Å². The minimum Gasteiger partial charge on any atom is -0.362 e. The Bertz CT molecular complexity index is 371. The van der Waals surface area contributed by atoms with Crippen LogP contribution in [0.2, 0.25) is 0 Å². The van der Waals surface area contributed by atoms with Crippen molar-refractivity contribution < 1.29 is 0 Å². The number of fused-ring (bicyclic) bond motifs is 1. The summed E-state index contributed by atoms with van der Waals surface area (Å²) in [6, 6.07) is 0. The highest BCUT2D eigenvalue weighted by Gasteiger charge is 2.50. The van der Waals surface area contributed by atoms with Crippen LogP contribution in [0.5, 0.6) is 0 Å². The monoisotopic (exact) mass is 251 g/mol. The molecule has 2 unspecified atom stereocenters. The third-order valence-corrected chi connectivity index (χ3v) is 4.46. The molecule has 0 aromatic heterocycles. The zero-order chi connectivity index (χ0) is 12.5. The van der Waals surface area contributed by atoms with Crippen LogP contribution < -0.4 is 10.7 Å². The summed E-state index contributed by atoms with van der Waals surface area (Å²) in [5.41, 5.74) is 4.67. The molecule has 3 rings (SSSR count). The van der Waals surface area contributed by atoms with Gasteiger partial charge in [-0.1, -0.05) is 19.9 Å². The summed E-state index contributed by atoms with van der Waals surface area (Å²) in [4.78, 5) is 0. The van der Waals surface area contributed by atoms with Crippen LogP contribution in [-0.4, -0.2) is 17.9 Å². The Morgan fingerprint density at radius 2 is 2.41 bits per heavy atom. The molecule has 1 saturated carbocycles. The number of rotatable bonds is 3. The molecule has 0 saturated heterocycles. The highest BCUT2D eigenvalue weighted by Crippen LogP contribution is 2.58. The fourth-order valence-electron chi connectivity index (χ4n) is 2.91. The molecule has 94 valence electrons. The SMILES string of the molecule is CCNC(=S)N/N=C/C1=CCC2CC1C2(C)C. The van der Waals surface area contributed by atoms with Gasteiger partial charge in [-0.3, -0.25) is 5.43 Å². The summed E-state index contributed by atoms with van der Waals surface area (Å²) in [7, 11) is 0. The summed E-state index contributed by atoms with van der Waals surface area (Å²) in [5, 5.41) is 7.80. The topological polar surface area (TPSA) is 36.4 Å². The lowest BCUT2D eigenvalue weighted by Gasteiger charge is -2.55. The van der Waals surface area contributed by atoms with Crippen molar-refractivity contribution in [2.45, 2.75) is 33.6 Å². The number of hydrazone groups is 1. The van der Waals surface area contributed by atoms with Crippen molar-refractivity contribution in [3.05, 3.63) is 11.6 Å². The zero-order valence-corrected chi connectivity index (χ0v) is 11.6. The molecular formula is C13H21N3S. The smallest absolute Gasteiger partial charge is 0.186 e. The van der Waals surface area contributed by atoms with Gasteiger partial charge in [-0.25, -0.2) is 0 Å². The van der Waals surface area contributed by atoms with Gasteiger partial charge in [0.15, 0.2) is 5.11 Å². The van der Waals surface area contributed by atoms with E-state index in [1.165, 1.54) is 18.4 Å². The highest BCUT2D eigenvalue weighted by molar-refractivity contribution is 7.80. The van der Waals surface area contributed by atoms with Gasteiger partial charge in [0.05, 0.1) is 6.21 Å². The average molecular weight is 251 g/mol. The van der Waals surface area contributed by atoms with Gasteiger partial charge in [-0.05, 0) is 54.8 Å². The van der Waals surface area contributed by atoms with Gasteiger partial charge in [0.2, 0.25) is 0 Å². The normalized spacial score (nSPS) is 29.5. The Kier molecular flexibility index (Phi) is 3.52. The fraction of sp³-hybridized carbons (Fsp3) is 0.692. The predicted octanol–water partition coefficient (Wildman–Crippen LogP) is 2.45. The molecule has 4 heteroatoms. The molecule has 2 atom stereocenters. The Morgan fingerprint density at radius 1 is 1.65 bits per heavy atom. The Labute approximate surface area is 109 Å². The lowest BCUT2D eigenvalue weighted by molar-refractivity contribution is -0.00126. The third kappa shape index (κ3) is 2.37. The van der Waals surface area contributed by atoms with Crippen molar-refractivity contribution in [1.29, 1.82) is 0 Å². The minimum atomic E-state index is 0.457. The highest BCUT2D eigenvalue weighted by atomic mass is 32.1. The summed E-state index contributed by atoms with van der Waals surface area (Å²) in [6.07, 6.45) is 6.78. The molecule has 0 spiro atoms. The first-order valence-electron chi connectivity index (χ1n) is 6.32. The van der Waals surface area contributed by atoms with Crippen LogP contribution in [0.4, 0.5) is 0 Å². The predicted molar refractivity (Wildman–Crippen MR) is 76.0 cm³/mol. The van der Waals surface area contributed by atoms with E-state index in [-0.39, 0.29) is 0 Å². The summed E-state index contributed by atoms with van der Waals surface area (Å²) in [5.74, 6) is 1.56. The van der Waals surface area contributed by atoms with Gasteiger partial charge in [-0.15, -0.1) is 0 Å². The maximum absolute atomic E-state index is 5.05. The van der Waals surface area contributed by atoms with Crippen molar-refractivity contribution in [3.63, 3.8) is 0 Å². The second-order valence-electron chi connectivity index (χ2n) is 5.48. The maximum Gasteiger partial charge on any atom is 0.186 e. The van der Waals surface area contributed by atoms with Gasteiger partial charge < -0.3 is 5.32 Å². The van der Waals surface area contributed by atoms with E-state index in [1.807, 2.05) is 13.1 Å². The second kappa shape index (κ2) is 4.77. The lowest BCUT2D eigenvalue weighted by Crippen LogP contribution is -2.48. The van der Waals surface area contributed by atoms with E-state index in [1.54, 1.807) is 0 Å². The number of hydrogen-bond acceptors (Lipinski definition) is 2. The molecule has 0 aromatic rings. The lowest BCUT2D eigenvalue weighted by atomic mass is 9.49. The van der Waals surface area contributed by atoms with Crippen LogP contribution >= 0.6 is 12.2 Å². The van der Waals surface area contributed by atoms with E-state index in [0.717, 1.165) is 12.5 Å². The number of allylic oxidation sites excluding steroid dienone is 2. The molecule has 0 aromatic carbocycles. The van der Waals surface area contributed by atoms with Gasteiger partial charge in [0, 0.05) is 6.54 Å². The fourth-order valence-corrected chi connectivity index (χ4v) is 3.11. The Morgan fingerprint density at radius 3 is 3.00 bits per heavy atom. The number of thiocarbonyl (C=S) groups is 1.